The van der Waals surface area contributed by atoms with Crippen molar-refractivity contribution in [3.8, 4) is 0 Å². The Morgan fingerprint density at radius 3 is 2.38 bits per heavy atom. The zero-order valence-corrected chi connectivity index (χ0v) is 19.3. The molecular formula is C24H27NO6S. The Bertz CT molecular complexity index is 1140. The van der Waals surface area contributed by atoms with Crippen LogP contribution in [0.2, 0.25) is 0 Å². The Labute approximate surface area is 188 Å². The van der Waals surface area contributed by atoms with Crippen molar-refractivity contribution in [1.82, 2.24) is 4.31 Å². The van der Waals surface area contributed by atoms with E-state index >= 15 is 0 Å². The van der Waals surface area contributed by atoms with E-state index in [0.29, 0.717) is 30.4 Å². The summed E-state index contributed by atoms with van der Waals surface area (Å²) < 4.78 is 32.8. The van der Waals surface area contributed by atoms with Gasteiger partial charge in [0.05, 0.1) is 4.90 Å². The molecule has 8 heteroatoms. The van der Waals surface area contributed by atoms with E-state index < -0.39 is 28.6 Å². The van der Waals surface area contributed by atoms with Gasteiger partial charge in [-0.25, -0.2) is 8.42 Å². The normalized spacial score (nSPS) is 17.0. The first-order valence-electron chi connectivity index (χ1n) is 10.5. The standard InChI is InChI=1S/C24H27NO6S/c1-16-7-8-17(2)21(14-16)23(27)15-31-24(28)22-6-4-5-13-25(22)32(29,30)20-11-9-19(10-12-20)18(3)26/h7-12,14,22H,4-6,13,15H2,1-3H3. The van der Waals surface area contributed by atoms with Gasteiger partial charge in [-0.3, -0.25) is 14.4 Å². The predicted molar refractivity (Wildman–Crippen MR) is 119 cm³/mol. The van der Waals surface area contributed by atoms with E-state index in [1.807, 2.05) is 19.1 Å². The van der Waals surface area contributed by atoms with E-state index in [9.17, 15) is 22.8 Å². The number of piperidine rings is 1. The van der Waals surface area contributed by atoms with Crippen LogP contribution in [-0.4, -0.2) is 49.5 Å². The Kier molecular flexibility index (Phi) is 7.26. The number of aryl methyl sites for hydroxylation is 2. The van der Waals surface area contributed by atoms with Crippen molar-refractivity contribution in [2.45, 2.75) is 51.0 Å². The third-order valence-corrected chi connectivity index (χ3v) is 7.55. The number of benzene rings is 2. The average molecular weight is 458 g/mol. The van der Waals surface area contributed by atoms with Crippen LogP contribution in [0.4, 0.5) is 0 Å². The lowest BCUT2D eigenvalue weighted by molar-refractivity contribution is -0.148. The van der Waals surface area contributed by atoms with E-state index in [0.717, 1.165) is 15.4 Å². The zero-order valence-electron chi connectivity index (χ0n) is 18.5. The lowest BCUT2D eigenvalue weighted by atomic mass is 10.0. The van der Waals surface area contributed by atoms with Gasteiger partial charge >= 0.3 is 5.97 Å². The third kappa shape index (κ3) is 5.14. The van der Waals surface area contributed by atoms with Crippen LogP contribution < -0.4 is 0 Å². The monoisotopic (exact) mass is 457 g/mol. The van der Waals surface area contributed by atoms with Crippen molar-refractivity contribution in [3.63, 3.8) is 0 Å². The fourth-order valence-electron chi connectivity index (χ4n) is 3.77. The maximum Gasteiger partial charge on any atom is 0.324 e. The minimum absolute atomic E-state index is 0.00802. The summed E-state index contributed by atoms with van der Waals surface area (Å²) in [7, 11) is -3.97. The van der Waals surface area contributed by atoms with Gasteiger partial charge in [0.1, 0.15) is 6.04 Å². The second-order valence-electron chi connectivity index (χ2n) is 8.06. The number of rotatable bonds is 7. The first kappa shape index (κ1) is 23.8. The van der Waals surface area contributed by atoms with E-state index in [1.54, 1.807) is 13.0 Å². The number of hydrogen-bond donors (Lipinski definition) is 0. The summed E-state index contributed by atoms with van der Waals surface area (Å²) in [5.74, 6) is -1.22. The molecule has 1 atom stereocenters. The van der Waals surface area contributed by atoms with Crippen LogP contribution in [0.3, 0.4) is 0 Å². The number of nitrogens with zero attached hydrogens (tertiary/aromatic N) is 1. The number of ether oxygens (including phenoxy) is 1. The van der Waals surface area contributed by atoms with Crippen LogP contribution in [0, 0.1) is 13.8 Å². The van der Waals surface area contributed by atoms with Crippen LogP contribution in [0.1, 0.15) is 58.0 Å². The molecule has 1 heterocycles. The van der Waals surface area contributed by atoms with Crippen LogP contribution in [0.25, 0.3) is 0 Å². The van der Waals surface area contributed by atoms with Gasteiger partial charge < -0.3 is 4.74 Å². The van der Waals surface area contributed by atoms with Gasteiger partial charge in [-0.05, 0) is 63.8 Å². The third-order valence-electron chi connectivity index (χ3n) is 5.63. The van der Waals surface area contributed by atoms with Crippen molar-refractivity contribution < 1.29 is 27.5 Å². The maximum atomic E-state index is 13.2. The highest BCUT2D eigenvalue weighted by Crippen LogP contribution is 2.26. The van der Waals surface area contributed by atoms with Gasteiger partial charge in [0.25, 0.3) is 0 Å². The molecule has 0 bridgehead atoms. The molecule has 0 N–H and O–H groups in total. The number of Topliss-reactive ketones (excluding diaryl/α,β-unsaturated/α-hetero) is 2. The highest BCUT2D eigenvalue weighted by molar-refractivity contribution is 7.89. The SMILES string of the molecule is CC(=O)c1ccc(S(=O)(=O)N2CCCCC2C(=O)OCC(=O)c2cc(C)ccc2C)cc1. The molecular weight excluding hydrogens is 430 g/mol. The fourth-order valence-corrected chi connectivity index (χ4v) is 5.42. The van der Waals surface area contributed by atoms with Crippen LogP contribution in [0.15, 0.2) is 47.4 Å². The number of esters is 1. The summed E-state index contributed by atoms with van der Waals surface area (Å²) in [6.07, 6.45) is 1.62. The van der Waals surface area contributed by atoms with Gasteiger partial charge in [-0.2, -0.15) is 4.31 Å². The van der Waals surface area contributed by atoms with Gasteiger partial charge in [0.15, 0.2) is 12.4 Å². The second kappa shape index (κ2) is 9.75. The highest BCUT2D eigenvalue weighted by Gasteiger charge is 2.38. The second-order valence-corrected chi connectivity index (χ2v) is 9.95. The quantitative estimate of drug-likeness (QED) is 0.466. The van der Waals surface area contributed by atoms with Crippen LogP contribution >= 0.6 is 0 Å². The van der Waals surface area contributed by atoms with E-state index in [4.69, 9.17) is 4.74 Å². The van der Waals surface area contributed by atoms with E-state index in [2.05, 4.69) is 0 Å². The highest BCUT2D eigenvalue weighted by atomic mass is 32.2. The Morgan fingerprint density at radius 2 is 1.72 bits per heavy atom. The minimum Gasteiger partial charge on any atom is -0.456 e. The molecule has 0 aromatic heterocycles. The summed E-state index contributed by atoms with van der Waals surface area (Å²) >= 11 is 0. The summed E-state index contributed by atoms with van der Waals surface area (Å²) in [6.45, 7) is 4.82. The number of hydrogen-bond acceptors (Lipinski definition) is 6. The first-order chi connectivity index (χ1) is 15.1. The smallest absolute Gasteiger partial charge is 0.324 e. The molecule has 0 spiro atoms. The number of carbonyl (C=O) groups is 3. The van der Waals surface area contributed by atoms with Crippen molar-refractivity contribution >= 4 is 27.6 Å². The molecule has 32 heavy (non-hydrogen) atoms. The molecule has 0 saturated carbocycles. The first-order valence-corrected chi connectivity index (χ1v) is 11.9. The lowest BCUT2D eigenvalue weighted by Crippen LogP contribution is -2.48. The summed E-state index contributed by atoms with van der Waals surface area (Å²) in [4.78, 5) is 36.8. The molecule has 170 valence electrons. The van der Waals surface area contributed by atoms with Gasteiger partial charge in [-0.15, -0.1) is 0 Å². The summed E-state index contributed by atoms with van der Waals surface area (Å²) in [5, 5.41) is 0. The minimum atomic E-state index is -3.97. The largest absolute Gasteiger partial charge is 0.456 e. The van der Waals surface area contributed by atoms with Crippen molar-refractivity contribution in [2.24, 2.45) is 0 Å². The van der Waals surface area contributed by atoms with E-state index in [1.165, 1.54) is 31.2 Å². The molecule has 2 aromatic carbocycles. The van der Waals surface area contributed by atoms with Crippen LogP contribution in [0.5, 0.6) is 0 Å². The van der Waals surface area contributed by atoms with Crippen LogP contribution in [-0.2, 0) is 19.6 Å². The van der Waals surface area contributed by atoms with Crippen molar-refractivity contribution in [2.75, 3.05) is 13.2 Å². The molecule has 3 rings (SSSR count). The molecule has 1 saturated heterocycles. The average Bonchev–Trinajstić information content (AvgIpc) is 2.78. The molecule has 0 aliphatic carbocycles. The topological polar surface area (TPSA) is 97.8 Å². The van der Waals surface area contributed by atoms with Gasteiger partial charge in [-0.1, -0.05) is 29.8 Å². The number of ketones is 2. The fraction of sp³-hybridized carbons (Fsp3) is 0.375. The Hall–Kier alpha value is -2.84. The molecule has 1 aliphatic heterocycles. The lowest BCUT2D eigenvalue weighted by Gasteiger charge is -2.33. The molecule has 1 aliphatic rings. The summed E-state index contributed by atoms with van der Waals surface area (Å²) in [5.41, 5.74) is 2.60. The molecule has 1 unspecified atom stereocenters. The zero-order chi connectivity index (χ0) is 23.5. The predicted octanol–water partition coefficient (Wildman–Crippen LogP) is 3.48. The number of sulfonamides is 1. The van der Waals surface area contributed by atoms with Gasteiger partial charge in [0, 0.05) is 17.7 Å². The summed E-state index contributed by atoms with van der Waals surface area (Å²) in [6, 6.07) is 10.1. The maximum absolute atomic E-state index is 13.2. The molecule has 0 radical (unpaired) electrons. The Morgan fingerprint density at radius 1 is 1.03 bits per heavy atom. The molecule has 2 aromatic rings. The number of carbonyl (C=O) groups excluding carboxylic acids is 3. The van der Waals surface area contributed by atoms with Crippen molar-refractivity contribution in [3.05, 3.63) is 64.7 Å². The molecule has 0 amide bonds. The van der Waals surface area contributed by atoms with Crippen molar-refractivity contribution in [1.29, 1.82) is 0 Å². The van der Waals surface area contributed by atoms with Gasteiger partial charge in [0.2, 0.25) is 15.8 Å². The molecule has 7 nitrogen and oxygen atoms in total. The molecule has 1 fully saturated rings. The van der Waals surface area contributed by atoms with E-state index in [-0.39, 0.29) is 23.0 Å². The Balaban J connectivity index is 1.75.